The normalized spacial score (nSPS) is 9.85. The van der Waals surface area contributed by atoms with Gasteiger partial charge in [0.15, 0.2) is 0 Å². The number of esters is 1. The van der Waals surface area contributed by atoms with Crippen molar-refractivity contribution in [3.8, 4) is 0 Å². The molecule has 0 aromatic heterocycles. The van der Waals surface area contributed by atoms with Crippen LogP contribution in [0.2, 0.25) is 10.0 Å². The first-order valence-electron chi connectivity index (χ1n) is 3.29. The van der Waals surface area contributed by atoms with Crippen LogP contribution in [0.1, 0.15) is 10.4 Å². The van der Waals surface area contributed by atoms with Crippen molar-refractivity contribution in [1.29, 1.82) is 0 Å². The Labute approximate surface area is 99.3 Å². The van der Waals surface area contributed by atoms with Gasteiger partial charge in [0.25, 0.3) is 0 Å². The lowest BCUT2D eigenvalue weighted by molar-refractivity contribution is 0.0601. The Balaban J connectivity index is 3.28. The molecule has 0 radical (unpaired) electrons. The zero-order chi connectivity index (χ0) is 10.0. The summed E-state index contributed by atoms with van der Waals surface area (Å²) in [6, 6.07) is 3.31. The highest BCUT2D eigenvalue weighted by atomic mass is 127. The van der Waals surface area contributed by atoms with Gasteiger partial charge in [0.2, 0.25) is 0 Å². The zero-order valence-electron chi connectivity index (χ0n) is 6.61. The van der Waals surface area contributed by atoms with Crippen LogP contribution in [-0.4, -0.2) is 13.1 Å². The molecule has 0 aliphatic rings. The van der Waals surface area contributed by atoms with Crippen molar-refractivity contribution in [3.05, 3.63) is 31.3 Å². The summed E-state index contributed by atoms with van der Waals surface area (Å²) in [6.45, 7) is 0. The van der Waals surface area contributed by atoms with Crippen molar-refractivity contribution in [3.63, 3.8) is 0 Å². The number of carbonyl (C=O) groups is 1. The predicted octanol–water partition coefficient (Wildman–Crippen LogP) is 3.38. The topological polar surface area (TPSA) is 26.3 Å². The van der Waals surface area contributed by atoms with Gasteiger partial charge in [-0.05, 0) is 34.7 Å². The maximum atomic E-state index is 11.2. The zero-order valence-corrected chi connectivity index (χ0v) is 10.3. The number of ether oxygens (including phenoxy) is 1. The minimum absolute atomic E-state index is 0.214. The van der Waals surface area contributed by atoms with Crippen molar-refractivity contribution in [2.45, 2.75) is 0 Å². The maximum absolute atomic E-state index is 11.2. The maximum Gasteiger partial charge on any atom is 0.340 e. The molecule has 2 nitrogen and oxygen atoms in total. The van der Waals surface area contributed by atoms with Crippen LogP contribution in [0.5, 0.6) is 0 Å². The number of halogens is 3. The number of carbonyl (C=O) groups excluding carboxylic acids is 1. The van der Waals surface area contributed by atoms with E-state index in [1.807, 2.05) is 0 Å². The van der Waals surface area contributed by atoms with E-state index in [1.165, 1.54) is 7.11 Å². The number of rotatable bonds is 1. The van der Waals surface area contributed by atoms with Crippen molar-refractivity contribution < 1.29 is 9.53 Å². The van der Waals surface area contributed by atoms with Crippen molar-refractivity contribution in [2.75, 3.05) is 7.11 Å². The van der Waals surface area contributed by atoms with Crippen LogP contribution in [-0.2, 0) is 4.74 Å². The molecule has 0 fully saturated rings. The molecule has 0 N–H and O–H groups in total. The van der Waals surface area contributed by atoms with Gasteiger partial charge in [-0.25, -0.2) is 4.79 Å². The monoisotopic (exact) mass is 330 g/mol. The van der Waals surface area contributed by atoms with Crippen LogP contribution < -0.4 is 0 Å². The fourth-order valence-electron chi connectivity index (χ4n) is 0.839. The van der Waals surface area contributed by atoms with E-state index in [-0.39, 0.29) is 5.56 Å². The third-order valence-corrected chi connectivity index (χ3v) is 2.62. The first kappa shape index (κ1) is 11.1. The highest BCUT2D eigenvalue weighted by Gasteiger charge is 2.15. The summed E-state index contributed by atoms with van der Waals surface area (Å²) in [5, 5.41) is 0.618. The number of hydrogen-bond acceptors (Lipinski definition) is 2. The van der Waals surface area contributed by atoms with Crippen LogP contribution in [0.15, 0.2) is 12.1 Å². The standard InChI is InChI=1S/C8H5Cl2IO2/c1-13-8(12)7-5(9)2-4(11)3-6(7)10/h2-3H,1H3. The van der Waals surface area contributed by atoms with E-state index < -0.39 is 5.97 Å². The summed E-state index contributed by atoms with van der Waals surface area (Å²) in [7, 11) is 1.28. The molecule has 0 heterocycles. The molecule has 1 aromatic rings. The van der Waals surface area contributed by atoms with E-state index in [2.05, 4.69) is 27.3 Å². The van der Waals surface area contributed by atoms with Gasteiger partial charge in [-0.2, -0.15) is 0 Å². The van der Waals surface area contributed by atoms with E-state index in [1.54, 1.807) is 12.1 Å². The molecule has 0 spiro atoms. The molecule has 0 aliphatic carbocycles. The average molecular weight is 331 g/mol. The Morgan fingerprint density at radius 3 is 2.23 bits per heavy atom. The van der Waals surface area contributed by atoms with Gasteiger partial charge in [-0.3, -0.25) is 0 Å². The van der Waals surface area contributed by atoms with Crippen molar-refractivity contribution in [1.82, 2.24) is 0 Å². The van der Waals surface area contributed by atoms with Crippen LogP contribution in [0.4, 0.5) is 0 Å². The van der Waals surface area contributed by atoms with Gasteiger partial charge in [0.1, 0.15) is 0 Å². The quantitative estimate of drug-likeness (QED) is 0.583. The summed E-state index contributed by atoms with van der Waals surface area (Å²) in [5.41, 5.74) is 0.214. The fourth-order valence-corrected chi connectivity index (χ4v) is 2.47. The molecule has 1 rings (SSSR count). The highest BCUT2D eigenvalue weighted by molar-refractivity contribution is 14.1. The Morgan fingerprint density at radius 2 is 1.85 bits per heavy atom. The van der Waals surface area contributed by atoms with Crippen LogP contribution >= 0.6 is 45.8 Å². The lowest BCUT2D eigenvalue weighted by Gasteiger charge is -2.04. The summed E-state index contributed by atoms with van der Waals surface area (Å²) in [5.74, 6) is -0.522. The van der Waals surface area contributed by atoms with Crippen LogP contribution in [0.3, 0.4) is 0 Å². The minimum Gasteiger partial charge on any atom is -0.465 e. The Morgan fingerprint density at radius 1 is 1.38 bits per heavy atom. The Bertz CT molecular complexity index is 329. The van der Waals surface area contributed by atoms with E-state index in [0.717, 1.165) is 3.57 Å². The largest absolute Gasteiger partial charge is 0.465 e. The predicted molar refractivity (Wildman–Crippen MR) is 60.5 cm³/mol. The lowest BCUT2D eigenvalue weighted by atomic mass is 10.2. The summed E-state index contributed by atoms with van der Waals surface area (Å²) in [4.78, 5) is 11.2. The van der Waals surface area contributed by atoms with E-state index in [9.17, 15) is 4.79 Å². The third kappa shape index (κ3) is 2.48. The Hall–Kier alpha value is -0.0000000000000000555. The molecular formula is C8H5Cl2IO2. The van der Waals surface area contributed by atoms with Crippen molar-refractivity contribution in [2.24, 2.45) is 0 Å². The molecule has 13 heavy (non-hydrogen) atoms. The second-order valence-corrected chi connectivity index (χ2v) is 4.30. The number of hydrogen-bond donors (Lipinski definition) is 0. The first-order valence-corrected chi connectivity index (χ1v) is 5.12. The second kappa shape index (κ2) is 4.48. The molecule has 0 unspecified atom stereocenters. The summed E-state index contributed by atoms with van der Waals surface area (Å²) in [6.07, 6.45) is 0. The average Bonchev–Trinajstić information content (AvgIpc) is 2.02. The molecule has 0 aliphatic heterocycles. The van der Waals surface area contributed by atoms with Crippen LogP contribution in [0, 0.1) is 3.57 Å². The second-order valence-electron chi connectivity index (χ2n) is 2.24. The molecule has 0 amide bonds. The Kier molecular flexibility index (Phi) is 3.82. The van der Waals surface area contributed by atoms with Crippen LogP contribution in [0.25, 0.3) is 0 Å². The summed E-state index contributed by atoms with van der Waals surface area (Å²) < 4.78 is 5.40. The third-order valence-electron chi connectivity index (χ3n) is 1.40. The van der Waals surface area contributed by atoms with E-state index in [4.69, 9.17) is 23.2 Å². The number of methoxy groups -OCH3 is 1. The molecule has 0 atom stereocenters. The minimum atomic E-state index is -0.522. The molecule has 0 saturated heterocycles. The molecule has 5 heteroatoms. The molecule has 0 bridgehead atoms. The smallest absolute Gasteiger partial charge is 0.340 e. The van der Waals surface area contributed by atoms with Crippen molar-refractivity contribution >= 4 is 51.8 Å². The fraction of sp³-hybridized carbons (Fsp3) is 0.125. The van der Waals surface area contributed by atoms with Gasteiger partial charge in [-0.1, -0.05) is 23.2 Å². The van der Waals surface area contributed by atoms with Gasteiger partial charge in [0, 0.05) is 3.57 Å². The SMILES string of the molecule is COC(=O)c1c(Cl)cc(I)cc1Cl. The molecule has 0 saturated carbocycles. The number of benzene rings is 1. The van der Waals surface area contributed by atoms with Gasteiger partial charge < -0.3 is 4.74 Å². The van der Waals surface area contributed by atoms with Gasteiger partial charge in [-0.15, -0.1) is 0 Å². The highest BCUT2D eigenvalue weighted by Crippen LogP contribution is 2.27. The lowest BCUT2D eigenvalue weighted by Crippen LogP contribution is -2.03. The molecule has 1 aromatic carbocycles. The first-order chi connectivity index (χ1) is 6.06. The molecular weight excluding hydrogens is 326 g/mol. The van der Waals surface area contributed by atoms with Gasteiger partial charge in [0.05, 0.1) is 22.7 Å². The van der Waals surface area contributed by atoms with Gasteiger partial charge >= 0.3 is 5.97 Å². The van der Waals surface area contributed by atoms with E-state index >= 15 is 0 Å². The molecule has 70 valence electrons. The summed E-state index contributed by atoms with van der Waals surface area (Å²) >= 11 is 13.7. The van der Waals surface area contributed by atoms with E-state index in [0.29, 0.717) is 10.0 Å².